The summed E-state index contributed by atoms with van der Waals surface area (Å²) in [7, 11) is 0. The standard InChI is InChI=1S/C5H6O3S/c6-4-1-3(2-9-4)5(7)8/h3H,1-2H2,(H,7,8)/p-1/t3-/m0/s1. The van der Waals surface area contributed by atoms with Crippen LogP contribution in [0.3, 0.4) is 0 Å². The summed E-state index contributed by atoms with van der Waals surface area (Å²) in [6.07, 6.45) is 0.146. The first-order chi connectivity index (χ1) is 4.20. The summed E-state index contributed by atoms with van der Waals surface area (Å²) in [5, 5.41) is 10.0. The molecule has 0 saturated carbocycles. The highest BCUT2D eigenvalue weighted by atomic mass is 32.2. The van der Waals surface area contributed by atoms with Crippen molar-refractivity contribution in [3.8, 4) is 0 Å². The Morgan fingerprint density at radius 2 is 2.44 bits per heavy atom. The topological polar surface area (TPSA) is 57.2 Å². The second kappa shape index (κ2) is 2.39. The van der Waals surface area contributed by atoms with Crippen molar-refractivity contribution in [3.05, 3.63) is 0 Å². The molecule has 1 atom stereocenters. The van der Waals surface area contributed by atoms with E-state index in [-0.39, 0.29) is 11.5 Å². The molecule has 50 valence electrons. The molecule has 1 aliphatic rings. The highest BCUT2D eigenvalue weighted by molar-refractivity contribution is 8.14. The lowest BCUT2D eigenvalue weighted by molar-refractivity contribution is -0.310. The van der Waals surface area contributed by atoms with E-state index in [1.54, 1.807) is 0 Å². The first kappa shape index (κ1) is 6.61. The molecule has 0 N–H and O–H groups in total. The van der Waals surface area contributed by atoms with Gasteiger partial charge >= 0.3 is 0 Å². The van der Waals surface area contributed by atoms with E-state index in [1.165, 1.54) is 0 Å². The SMILES string of the molecule is O=C1C[C@H](C(=O)[O-])CS1. The van der Waals surface area contributed by atoms with Gasteiger partial charge in [0.15, 0.2) is 5.12 Å². The van der Waals surface area contributed by atoms with Gasteiger partial charge in [-0.25, -0.2) is 0 Å². The fourth-order valence-corrected chi connectivity index (χ4v) is 1.62. The van der Waals surface area contributed by atoms with Gasteiger partial charge in [0.25, 0.3) is 0 Å². The average molecular weight is 145 g/mol. The Labute approximate surface area is 56.4 Å². The molecule has 0 radical (unpaired) electrons. The van der Waals surface area contributed by atoms with Crippen LogP contribution in [-0.2, 0) is 9.59 Å². The minimum Gasteiger partial charge on any atom is -0.550 e. The van der Waals surface area contributed by atoms with Crippen molar-refractivity contribution in [1.29, 1.82) is 0 Å². The largest absolute Gasteiger partial charge is 0.550 e. The summed E-state index contributed by atoms with van der Waals surface area (Å²) in [5.74, 6) is -1.25. The van der Waals surface area contributed by atoms with E-state index >= 15 is 0 Å². The molecule has 0 aliphatic carbocycles. The summed E-state index contributed by atoms with van der Waals surface area (Å²) in [5.41, 5.74) is 0. The molecule has 1 heterocycles. The molecule has 0 amide bonds. The second-order valence-corrected chi connectivity index (χ2v) is 2.98. The monoisotopic (exact) mass is 145 g/mol. The third-order valence-corrected chi connectivity index (χ3v) is 2.25. The number of thioether (sulfide) groups is 1. The zero-order chi connectivity index (χ0) is 6.85. The van der Waals surface area contributed by atoms with Gasteiger partial charge in [0.1, 0.15) is 0 Å². The first-order valence-corrected chi connectivity index (χ1v) is 3.55. The van der Waals surface area contributed by atoms with E-state index in [0.29, 0.717) is 5.75 Å². The molecule has 1 saturated heterocycles. The number of carbonyl (C=O) groups excluding carboxylic acids is 2. The number of carbonyl (C=O) groups is 2. The minimum atomic E-state index is -1.10. The summed E-state index contributed by atoms with van der Waals surface area (Å²) in [6.45, 7) is 0. The summed E-state index contributed by atoms with van der Waals surface area (Å²) < 4.78 is 0. The molecule has 0 bridgehead atoms. The third kappa shape index (κ3) is 1.45. The van der Waals surface area contributed by atoms with Crippen LogP contribution in [0.2, 0.25) is 0 Å². The predicted octanol–water partition coefficient (Wildman–Crippen LogP) is -0.984. The molecule has 1 fully saturated rings. The van der Waals surface area contributed by atoms with Gasteiger partial charge < -0.3 is 9.90 Å². The number of rotatable bonds is 1. The lowest BCUT2D eigenvalue weighted by atomic mass is 10.1. The summed E-state index contributed by atoms with van der Waals surface area (Å²) >= 11 is 1.07. The molecule has 0 aromatic rings. The molecular weight excluding hydrogens is 140 g/mol. The molecular formula is C5H5O3S-. The lowest BCUT2D eigenvalue weighted by Crippen LogP contribution is -2.31. The summed E-state index contributed by atoms with van der Waals surface area (Å²) in [6, 6.07) is 0. The third-order valence-electron chi connectivity index (χ3n) is 1.19. The van der Waals surface area contributed by atoms with Crippen LogP contribution in [0.25, 0.3) is 0 Å². The predicted molar refractivity (Wildman–Crippen MR) is 30.6 cm³/mol. The Bertz CT molecular complexity index is 154. The average Bonchev–Trinajstić information content (AvgIpc) is 2.14. The number of aliphatic carboxylic acids is 1. The number of carboxylic acids is 1. The van der Waals surface area contributed by atoms with Crippen LogP contribution >= 0.6 is 11.8 Å². The Morgan fingerprint density at radius 3 is 2.67 bits per heavy atom. The Morgan fingerprint density at radius 1 is 1.78 bits per heavy atom. The number of hydrogen-bond acceptors (Lipinski definition) is 4. The van der Waals surface area contributed by atoms with Crippen molar-refractivity contribution < 1.29 is 14.7 Å². The van der Waals surface area contributed by atoms with E-state index in [2.05, 4.69) is 0 Å². The van der Waals surface area contributed by atoms with Crippen molar-refractivity contribution in [2.75, 3.05) is 5.75 Å². The normalized spacial score (nSPS) is 26.7. The number of carboxylic acid groups (broad SMARTS) is 1. The van der Waals surface area contributed by atoms with Crippen molar-refractivity contribution in [2.24, 2.45) is 5.92 Å². The summed E-state index contributed by atoms with van der Waals surface area (Å²) in [4.78, 5) is 20.5. The van der Waals surface area contributed by atoms with Gasteiger partial charge in [-0.3, -0.25) is 4.79 Å². The molecule has 0 aromatic heterocycles. The molecule has 1 aliphatic heterocycles. The Hall–Kier alpha value is -0.510. The first-order valence-electron chi connectivity index (χ1n) is 2.56. The maximum atomic E-state index is 10.4. The molecule has 4 heteroatoms. The van der Waals surface area contributed by atoms with E-state index < -0.39 is 11.9 Å². The van der Waals surface area contributed by atoms with Crippen LogP contribution in [0.1, 0.15) is 6.42 Å². The van der Waals surface area contributed by atoms with Crippen molar-refractivity contribution >= 4 is 22.8 Å². The van der Waals surface area contributed by atoms with Gasteiger partial charge in [-0.15, -0.1) is 0 Å². The highest BCUT2D eigenvalue weighted by Gasteiger charge is 2.23. The van der Waals surface area contributed by atoms with Crippen LogP contribution < -0.4 is 5.11 Å². The maximum Gasteiger partial charge on any atom is 0.189 e. The maximum absolute atomic E-state index is 10.4. The molecule has 3 nitrogen and oxygen atoms in total. The molecule has 0 unspecified atom stereocenters. The number of hydrogen-bond donors (Lipinski definition) is 0. The zero-order valence-electron chi connectivity index (χ0n) is 4.62. The Kier molecular flexibility index (Phi) is 1.75. The van der Waals surface area contributed by atoms with E-state index in [1.807, 2.05) is 0 Å². The lowest BCUT2D eigenvalue weighted by Gasteiger charge is -2.05. The molecule has 0 spiro atoms. The van der Waals surface area contributed by atoms with Crippen LogP contribution in [-0.4, -0.2) is 16.8 Å². The van der Waals surface area contributed by atoms with Gasteiger partial charge in [0.05, 0.1) is 0 Å². The van der Waals surface area contributed by atoms with Gasteiger partial charge in [0, 0.05) is 24.1 Å². The van der Waals surface area contributed by atoms with Crippen molar-refractivity contribution in [2.45, 2.75) is 6.42 Å². The van der Waals surface area contributed by atoms with Crippen LogP contribution in [0.4, 0.5) is 0 Å². The van der Waals surface area contributed by atoms with E-state index in [0.717, 1.165) is 11.8 Å². The fraction of sp³-hybridized carbons (Fsp3) is 0.600. The van der Waals surface area contributed by atoms with Crippen LogP contribution in [0, 0.1) is 5.92 Å². The zero-order valence-corrected chi connectivity index (χ0v) is 5.44. The molecule has 9 heavy (non-hydrogen) atoms. The van der Waals surface area contributed by atoms with Gasteiger partial charge in [0.2, 0.25) is 0 Å². The van der Waals surface area contributed by atoms with Crippen LogP contribution in [0.15, 0.2) is 0 Å². The van der Waals surface area contributed by atoms with Gasteiger partial charge in [-0.1, -0.05) is 11.8 Å². The highest BCUT2D eigenvalue weighted by Crippen LogP contribution is 2.24. The van der Waals surface area contributed by atoms with Gasteiger partial charge in [-0.2, -0.15) is 0 Å². The second-order valence-electron chi connectivity index (χ2n) is 1.90. The van der Waals surface area contributed by atoms with E-state index in [9.17, 15) is 14.7 Å². The molecule has 1 rings (SSSR count). The quantitative estimate of drug-likeness (QED) is 0.475. The fourth-order valence-electron chi connectivity index (χ4n) is 0.664. The smallest absolute Gasteiger partial charge is 0.189 e. The van der Waals surface area contributed by atoms with Crippen molar-refractivity contribution in [1.82, 2.24) is 0 Å². The molecule has 0 aromatic carbocycles. The van der Waals surface area contributed by atoms with Crippen molar-refractivity contribution in [3.63, 3.8) is 0 Å². The minimum absolute atomic E-state index is 0.0378. The Balaban J connectivity index is 2.48. The van der Waals surface area contributed by atoms with Crippen LogP contribution in [0.5, 0.6) is 0 Å². The van der Waals surface area contributed by atoms with E-state index in [4.69, 9.17) is 0 Å². The van der Waals surface area contributed by atoms with Gasteiger partial charge in [-0.05, 0) is 0 Å².